The number of allylic oxidation sites excluding steroid dienone is 30. The second-order valence-corrected chi connectivity index (χ2v) is 34.0. The van der Waals surface area contributed by atoms with Gasteiger partial charge in [0, 0.05) is 19.3 Å². The number of rotatable bonds is 88. The molecule has 5 atom stereocenters. The third kappa shape index (κ3) is 93.2. The zero-order chi connectivity index (χ0) is 86.5. The normalized spacial score (nSPS) is 14.6. The molecule has 4 N–H and O–H groups in total. The average molecular weight is 1700 g/mol. The van der Waals surface area contributed by atoms with Crippen LogP contribution in [0.1, 0.15) is 380 Å². The van der Waals surface area contributed by atoms with Gasteiger partial charge in [-0.2, -0.15) is 0 Å². The van der Waals surface area contributed by atoms with E-state index in [-0.39, 0.29) is 19.3 Å². The molecule has 5 unspecified atom stereocenters. The van der Waals surface area contributed by atoms with E-state index < -0.39 is 91.5 Å². The van der Waals surface area contributed by atoms with Gasteiger partial charge in [-0.3, -0.25) is 32.5 Å². The molecule has 119 heavy (non-hydrogen) atoms. The Morgan fingerprint density at radius 2 is 0.445 bits per heavy atom. The lowest BCUT2D eigenvalue weighted by molar-refractivity contribution is -0.161. The molecular formula is C101H170O16P2. The van der Waals surface area contributed by atoms with Crippen LogP contribution in [0.2, 0.25) is 0 Å². The highest BCUT2D eigenvalue weighted by atomic mass is 31.2. The van der Waals surface area contributed by atoms with Gasteiger partial charge in [0.2, 0.25) is 0 Å². The second kappa shape index (κ2) is 91.8. The first-order valence-corrected chi connectivity index (χ1v) is 50.1. The minimum absolute atomic E-state index is 0.0883. The quantitative estimate of drug-likeness (QED) is 0.0146. The van der Waals surface area contributed by atoms with E-state index in [1.807, 2.05) is 0 Å². The van der Waals surface area contributed by atoms with Crippen molar-refractivity contribution in [3.63, 3.8) is 0 Å². The fourth-order valence-corrected chi connectivity index (χ4v) is 14.1. The van der Waals surface area contributed by atoms with E-state index in [0.717, 1.165) is 180 Å². The summed E-state index contributed by atoms with van der Waals surface area (Å²) in [7, 11) is -9.82. The van der Waals surface area contributed by atoms with Crippen molar-refractivity contribution in [1.29, 1.82) is 0 Å². The highest BCUT2D eigenvalue weighted by molar-refractivity contribution is 7.47. The second-order valence-electron chi connectivity index (χ2n) is 31.0. The van der Waals surface area contributed by atoms with Gasteiger partial charge in [0.15, 0.2) is 6.10 Å². The third-order valence-corrected chi connectivity index (χ3v) is 21.5. The topological polar surface area (TPSA) is 231 Å². The Labute approximate surface area is 725 Å². The smallest absolute Gasteiger partial charge is 0.463 e. The highest BCUT2D eigenvalue weighted by Crippen LogP contribution is 2.45. The van der Waals surface area contributed by atoms with Gasteiger partial charge in [-0.05, 0) is 161 Å². The maximum Gasteiger partial charge on any atom is 0.472 e. The van der Waals surface area contributed by atoms with Gasteiger partial charge in [-0.25, -0.2) is 9.13 Å². The zero-order valence-corrected chi connectivity index (χ0v) is 76.8. The summed E-state index contributed by atoms with van der Waals surface area (Å²) < 4.78 is 61.5. The van der Waals surface area contributed by atoms with Gasteiger partial charge in [0.1, 0.15) is 25.4 Å². The van der Waals surface area contributed by atoms with Gasteiger partial charge in [0.05, 0.1) is 26.4 Å². The minimum Gasteiger partial charge on any atom is -0.463 e. The molecule has 0 aliphatic heterocycles. The predicted molar refractivity (Wildman–Crippen MR) is 500 cm³/mol. The molecule has 0 radical (unpaired) electrons. The summed E-state index contributed by atoms with van der Waals surface area (Å²) in [4.78, 5) is 59.1. The van der Waals surface area contributed by atoms with Crippen LogP contribution >= 0.6 is 15.6 Å². The van der Waals surface area contributed by atoms with Gasteiger partial charge >= 0.3 is 33.6 Å². The molecule has 16 nitrogen and oxygen atoms in total. The van der Waals surface area contributed by atoms with Crippen LogP contribution in [0, 0.1) is 0 Å². The number of carbonyl (C=O) groups excluding carboxylic acids is 3. The fourth-order valence-electron chi connectivity index (χ4n) is 12.5. The number of aliphatic hydroxyl groups excluding tert-OH is 2. The van der Waals surface area contributed by atoms with Gasteiger partial charge in [-0.15, -0.1) is 0 Å². The van der Waals surface area contributed by atoms with Crippen molar-refractivity contribution >= 4 is 33.6 Å². The highest BCUT2D eigenvalue weighted by Gasteiger charge is 2.29. The van der Waals surface area contributed by atoms with Crippen molar-refractivity contribution in [2.45, 2.75) is 399 Å². The van der Waals surface area contributed by atoms with Gasteiger partial charge in [-0.1, -0.05) is 383 Å². The molecule has 0 aliphatic carbocycles. The Morgan fingerprint density at radius 3 is 0.706 bits per heavy atom. The molecule has 0 spiro atoms. The Hall–Kier alpha value is -5.35. The summed E-state index contributed by atoms with van der Waals surface area (Å²) in [5, 5.41) is 20.8. The lowest BCUT2D eigenvalue weighted by Gasteiger charge is -2.21. The van der Waals surface area contributed by atoms with Crippen LogP contribution in [-0.4, -0.2) is 95.9 Å². The third-order valence-electron chi connectivity index (χ3n) is 19.6. The molecule has 0 aromatic carbocycles. The molecule has 0 saturated heterocycles. The molecule has 680 valence electrons. The number of carbonyl (C=O) groups is 3. The molecular weight excluding hydrogens is 1530 g/mol. The number of hydrogen-bond donors (Lipinski definition) is 4. The Balaban J connectivity index is 4.62. The first-order valence-electron chi connectivity index (χ1n) is 47.1. The van der Waals surface area contributed by atoms with Crippen LogP contribution in [0.5, 0.6) is 0 Å². The van der Waals surface area contributed by atoms with Crippen LogP contribution in [0.25, 0.3) is 0 Å². The Kier molecular flexibility index (Phi) is 87.7. The minimum atomic E-state index is -4.95. The Bertz CT molecular complexity index is 2890. The van der Waals surface area contributed by atoms with Crippen molar-refractivity contribution in [3.8, 4) is 0 Å². The molecule has 0 aliphatic rings. The molecule has 0 heterocycles. The van der Waals surface area contributed by atoms with E-state index in [1.165, 1.54) is 141 Å². The molecule has 0 bridgehead atoms. The van der Waals surface area contributed by atoms with Crippen molar-refractivity contribution in [1.82, 2.24) is 0 Å². The standard InChI is InChI=1S/C101H170O16P2/c1-4-7-10-13-16-19-22-25-28-31-34-37-40-43-44-45-46-47-48-49-50-53-55-57-60-63-66-69-72-75-78-81-84-87-99(104)111-90-96(102)91-113-118(107,108)114-92-97(103)93-115-119(109,110)116-95-98(117-101(106)89-86-83-80-77-74-71-68-65-62-59-56-52-42-39-36-33-30-27-24-21-18-15-12-9-6-3)94-112-100(105)88-85-82-79-76-73-70-67-64-61-58-54-51-41-38-35-32-29-26-23-20-17-14-11-8-5-2/h7-8,10-11,16-21,25-30,34-39,43-44,51-52,54,56,61,64,96-98,102-103H,4-6,9,12-15,22-24,31-33,40-42,45-50,53,55,57-60,62-63,65-95H2,1-3H3,(H,107,108)(H,109,110)/b10-7-,11-8-,19-16-,20-17-,21-18-,28-25-,29-26-,30-27-,37-34-,38-35-,39-36-,44-43-,54-51-,56-52-,64-61-. The number of esters is 3. The number of hydrogen-bond acceptors (Lipinski definition) is 14. The van der Waals surface area contributed by atoms with E-state index in [0.29, 0.717) is 19.3 Å². The molecule has 0 aromatic rings. The molecule has 0 amide bonds. The number of unbranched alkanes of at least 4 members (excludes halogenated alkanes) is 35. The van der Waals surface area contributed by atoms with E-state index in [2.05, 4.69) is 203 Å². The van der Waals surface area contributed by atoms with Crippen LogP contribution in [-0.2, 0) is 55.8 Å². The largest absolute Gasteiger partial charge is 0.472 e. The fraction of sp³-hybridized carbons (Fsp3) is 0.673. The van der Waals surface area contributed by atoms with Crippen LogP contribution < -0.4 is 0 Å². The molecule has 0 rings (SSSR count). The van der Waals surface area contributed by atoms with Crippen molar-refractivity contribution < 1.29 is 75.8 Å². The number of ether oxygens (including phenoxy) is 3. The van der Waals surface area contributed by atoms with E-state index in [1.54, 1.807) is 0 Å². The average Bonchev–Trinajstić information content (AvgIpc) is 0.899. The van der Waals surface area contributed by atoms with Gasteiger partial charge < -0.3 is 34.2 Å². The van der Waals surface area contributed by atoms with E-state index in [9.17, 15) is 43.5 Å². The summed E-state index contributed by atoms with van der Waals surface area (Å²) in [6.45, 7) is 2.44. The van der Waals surface area contributed by atoms with Crippen LogP contribution in [0.15, 0.2) is 182 Å². The number of aliphatic hydroxyl groups is 2. The van der Waals surface area contributed by atoms with Crippen molar-refractivity contribution in [2.24, 2.45) is 0 Å². The first-order chi connectivity index (χ1) is 58.2. The maximum absolute atomic E-state index is 13.1. The van der Waals surface area contributed by atoms with E-state index in [4.69, 9.17) is 32.3 Å². The maximum atomic E-state index is 13.1. The van der Waals surface area contributed by atoms with Crippen molar-refractivity contribution in [3.05, 3.63) is 182 Å². The predicted octanol–water partition coefficient (Wildman–Crippen LogP) is 29.2. The van der Waals surface area contributed by atoms with Crippen LogP contribution in [0.4, 0.5) is 0 Å². The van der Waals surface area contributed by atoms with Gasteiger partial charge in [0.25, 0.3) is 0 Å². The molecule has 18 heteroatoms. The summed E-state index contributed by atoms with van der Waals surface area (Å²) in [5.41, 5.74) is 0. The number of phosphoric acid groups is 2. The lowest BCUT2D eigenvalue weighted by atomic mass is 10.0. The first kappa shape index (κ1) is 114. The molecule has 0 fully saturated rings. The van der Waals surface area contributed by atoms with E-state index >= 15 is 0 Å². The zero-order valence-electron chi connectivity index (χ0n) is 75.0. The number of phosphoric ester groups is 2. The SMILES string of the molecule is CC/C=C\C/C=C\C/C=C\C/C=C\C/C=C\C/C=C\CCCCCCCCC(=O)OCC(COP(=O)(O)OCC(O)COP(=O)(O)OCC(O)COC(=O)CCCCCCCCCCCCCCCCCCC/C=C\C/C=C\C/C=C\C/C=C\C/C=C\CC)OC(=O)CCCCCCCCCCC/C=C\C/C=C\C/C=C\C/C=C\CCCCC. The molecule has 0 aromatic heterocycles. The summed E-state index contributed by atoms with van der Waals surface area (Å²) in [6, 6.07) is 0. The summed E-state index contributed by atoms with van der Waals surface area (Å²) in [6.07, 6.45) is 121. The summed E-state index contributed by atoms with van der Waals surface area (Å²) >= 11 is 0. The monoisotopic (exact) mass is 1700 g/mol. The lowest BCUT2D eigenvalue weighted by Crippen LogP contribution is -2.30. The Morgan fingerprint density at radius 1 is 0.244 bits per heavy atom. The van der Waals surface area contributed by atoms with Crippen LogP contribution in [0.3, 0.4) is 0 Å². The molecule has 0 saturated carbocycles. The van der Waals surface area contributed by atoms with Crippen molar-refractivity contribution in [2.75, 3.05) is 39.6 Å². The summed E-state index contributed by atoms with van der Waals surface area (Å²) in [5.74, 6) is -1.59.